The molecule has 2 rings (SSSR count). The molecule has 0 atom stereocenters. The van der Waals surface area contributed by atoms with Crippen molar-refractivity contribution >= 4 is 11.9 Å². The van der Waals surface area contributed by atoms with Crippen LogP contribution in [-0.4, -0.2) is 56.7 Å². The van der Waals surface area contributed by atoms with Crippen LogP contribution < -0.4 is 15.8 Å². The molecule has 0 aliphatic carbocycles. The number of hydrogen-bond donors (Lipinski definition) is 2. The van der Waals surface area contributed by atoms with E-state index in [9.17, 15) is 4.79 Å². The van der Waals surface area contributed by atoms with Crippen molar-refractivity contribution in [3.8, 4) is 5.75 Å². The summed E-state index contributed by atoms with van der Waals surface area (Å²) < 4.78 is 10.3. The van der Waals surface area contributed by atoms with Crippen LogP contribution in [0.3, 0.4) is 0 Å². The summed E-state index contributed by atoms with van der Waals surface area (Å²) in [7, 11) is 1.62. The zero-order valence-corrected chi connectivity index (χ0v) is 12.7. The van der Waals surface area contributed by atoms with Crippen molar-refractivity contribution in [2.24, 2.45) is 10.7 Å². The lowest BCUT2D eigenvalue weighted by molar-refractivity contribution is -0.119. The van der Waals surface area contributed by atoms with Gasteiger partial charge in [-0.05, 0) is 17.7 Å². The number of hydrogen-bond acceptors (Lipinski definition) is 4. The number of benzene rings is 1. The molecule has 0 radical (unpaired) electrons. The van der Waals surface area contributed by atoms with Crippen molar-refractivity contribution in [2.75, 3.05) is 40.0 Å². The van der Waals surface area contributed by atoms with Crippen LogP contribution in [0.4, 0.5) is 0 Å². The number of guanidine groups is 1. The summed E-state index contributed by atoms with van der Waals surface area (Å²) in [5, 5.41) is 2.81. The van der Waals surface area contributed by atoms with E-state index in [1.54, 1.807) is 7.11 Å². The first kappa shape index (κ1) is 16.1. The highest BCUT2D eigenvalue weighted by molar-refractivity contribution is 5.84. The molecule has 7 nitrogen and oxygen atoms in total. The van der Waals surface area contributed by atoms with Gasteiger partial charge in [-0.3, -0.25) is 4.79 Å². The molecule has 0 bridgehead atoms. The number of rotatable bonds is 5. The van der Waals surface area contributed by atoms with E-state index < -0.39 is 0 Å². The molecule has 1 heterocycles. The van der Waals surface area contributed by atoms with Crippen molar-refractivity contribution in [2.45, 2.75) is 6.54 Å². The third kappa shape index (κ3) is 4.92. The molecular weight excluding hydrogens is 284 g/mol. The summed E-state index contributed by atoms with van der Waals surface area (Å²) in [6.07, 6.45) is 0. The lowest BCUT2D eigenvalue weighted by Gasteiger charge is -2.27. The van der Waals surface area contributed by atoms with Gasteiger partial charge < -0.3 is 25.4 Å². The number of ether oxygens (including phenoxy) is 2. The number of morpholine rings is 1. The maximum atomic E-state index is 11.8. The molecule has 3 N–H and O–H groups in total. The smallest absolute Gasteiger partial charge is 0.242 e. The third-order valence-corrected chi connectivity index (χ3v) is 3.37. The minimum absolute atomic E-state index is 0.0271. The maximum Gasteiger partial charge on any atom is 0.242 e. The highest BCUT2D eigenvalue weighted by atomic mass is 16.5. The summed E-state index contributed by atoms with van der Waals surface area (Å²) in [4.78, 5) is 17.8. The number of nitrogens with zero attached hydrogens (tertiary/aromatic N) is 2. The van der Waals surface area contributed by atoms with Crippen molar-refractivity contribution in [1.29, 1.82) is 0 Å². The van der Waals surface area contributed by atoms with Gasteiger partial charge in [-0.1, -0.05) is 12.1 Å². The van der Waals surface area contributed by atoms with Gasteiger partial charge in [0.1, 0.15) is 12.3 Å². The van der Waals surface area contributed by atoms with E-state index in [1.807, 2.05) is 29.2 Å². The maximum absolute atomic E-state index is 11.8. The molecule has 0 unspecified atom stereocenters. The fraction of sp³-hybridized carbons (Fsp3) is 0.467. The van der Waals surface area contributed by atoms with E-state index in [4.69, 9.17) is 15.2 Å². The van der Waals surface area contributed by atoms with Gasteiger partial charge in [-0.2, -0.15) is 0 Å². The van der Waals surface area contributed by atoms with Gasteiger partial charge in [0.2, 0.25) is 5.91 Å². The number of methoxy groups -OCH3 is 1. The predicted molar refractivity (Wildman–Crippen MR) is 83.7 cm³/mol. The van der Waals surface area contributed by atoms with Gasteiger partial charge in [0.15, 0.2) is 5.96 Å². The normalized spacial score (nSPS) is 15.5. The lowest BCUT2D eigenvalue weighted by Crippen LogP contribution is -2.45. The van der Waals surface area contributed by atoms with Gasteiger partial charge in [0, 0.05) is 19.6 Å². The van der Waals surface area contributed by atoms with E-state index in [2.05, 4.69) is 10.3 Å². The predicted octanol–water partition coefficient (Wildman–Crippen LogP) is -0.0417. The second-order valence-corrected chi connectivity index (χ2v) is 4.90. The van der Waals surface area contributed by atoms with E-state index in [0.29, 0.717) is 38.8 Å². The Bertz CT molecular complexity index is 510. The molecule has 1 aromatic carbocycles. The van der Waals surface area contributed by atoms with Crippen molar-refractivity contribution in [1.82, 2.24) is 10.2 Å². The monoisotopic (exact) mass is 306 g/mol. The zero-order valence-electron chi connectivity index (χ0n) is 12.7. The Balaban J connectivity index is 1.74. The Labute approximate surface area is 130 Å². The van der Waals surface area contributed by atoms with Crippen LogP contribution >= 0.6 is 0 Å². The van der Waals surface area contributed by atoms with Gasteiger partial charge >= 0.3 is 0 Å². The summed E-state index contributed by atoms with van der Waals surface area (Å²) >= 11 is 0. The van der Waals surface area contributed by atoms with E-state index in [-0.39, 0.29) is 12.5 Å². The van der Waals surface area contributed by atoms with Gasteiger partial charge in [0.05, 0.1) is 20.3 Å². The van der Waals surface area contributed by atoms with Crippen LogP contribution in [0.5, 0.6) is 5.75 Å². The first-order valence-corrected chi connectivity index (χ1v) is 7.21. The molecule has 1 fully saturated rings. The quantitative estimate of drug-likeness (QED) is 0.588. The van der Waals surface area contributed by atoms with Crippen LogP contribution in [0.1, 0.15) is 5.56 Å². The number of aliphatic imine (C=N–C) groups is 1. The Hall–Kier alpha value is -2.28. The van der Waals surface area contributed by atoms with Crippen LogP contribution in [0.25, 0.3) is 0 Å². The molecule has 0 saturated carbocycles. The number of nitrogens with one attached hydrogen (secondary N) is 1. The third-order valence-electron chi connectivity index (χ3n) is 3.37. The number of carbonyl (C=O) groups excluding carboxylic acids is 1. The Morgan fingerprint density at radius 3 is 2.68 bits per heavy atom. The average molecular weight is 306 g/mol. The molecule has 1 aliphatic rings. The second kappa shape index (κ2) is 8.23. The largest absolute Gasteiger partial charge is 0.497 e. The van der Waals surface area contributed by atoms with Crippen molar-refractivity contribution < 1.29 is 14.3 Å². The van der Waals surface area contributed by atoms with Crippen molar-refractivity contribution in [3.05, 3.63) is 29.8 Å². The first-order chi connectivity index (χ1) is 10.7. The van der Waals surface area contributed by atoms with E-state index in [0.717, 1.165) is 11.3 Å². The molecule has 1 saturated heterocycles. The lowest BCUT2D eigenvalue weighted by atomic mass is 10.2. The highest BCUT2D eigenvalue weighted by Crippen LogP contribution is 2.10. The molecular formula is C15H22N4O3. The van der Waals surface area contributed by atoms with Gasteiger partial charge in [-0.25, -0.2) is 4.99 Å². The summed E-state index contributed by atoms with van der Waals surface area (Å²) in [6, 6.07) is 7.53. The van der Waals surface area contributed by atoms with Crippen LogP contribution in [0.15, 0.2) is 29.3 Å². The van der Waals surface area contributed by atoms with Crippen LogP contribution in [0, 0.1) is 0 Å². The molecule has 0 spiro atoms. The molecule has 1 amide bonds. The Morgan fingerprint density at radius 1 is 1.36 bits per heavy atom. The average Bonchev–Trinajstić information content (AvgIpc) is 2.59. The summed E-state index contributed by atoms with van der Waals surface area (Å²) in [5.74, 6) is 1.02. The molecule has 1 aromatic rings. The standard InChI is InChI=1S/C15H22N4O3/c1-21-13-4-2-12(3-5-13)10-17-14(20)11-18-15(16)19-6-8-22-9-7-19/h2-5H,6-11H2,1H3,(H2,16,18)(H,17,20). The molecule has 0 aromatic heterocycles. The minimum Gasteiger partial charge on any atom is -0.497 e. The van der Waals surface area contributed by atoms with Crippen molar-refractivity contribution in [3.63, 3.8) is 0 Å². The van der Waals surface area contributed by atoms with Crippen LogP contribution in [0.2, 0.25) is 0 Å². The minimum atomic E-state index is -0.160. The zero-order chi connectivity index (χ0) is 15.8. The highest BCUT2D eigenvalue weighted by Gasteiger charge is 2.12. The molecule has 7 heteroatoms. The van der Waals surface area contributed by atoms with E-state index in [1.165, 1.54) is 0 Å². The topological polar surface area (TPSA) is 89.2 Å². The number of amides is 1. The SMILES string of the molecule is COc1ccc(CNC(=O)CN=C(N)N2CCOCC2)cc1. The number of carbonyl (C=O) groups is 1. The summed E-state index contributed by atoms with van der Waals surface area (Å²) in [6.45, 7) is 3.18. The summed E-state index contributed by atoms with van der Waals surface area (Å²) in [5.41, 5.74) is 6.86. The van der Waals surface area contributed by atoms with Gasteiger partial charge in [-0.15, -0.1) is 0 Å². The van der Waals surface area contributed by atoms with E-state index >= 15 is 0 Å². The molecule has 120 valence electrons. The van der Waals surface area contributed by atoms with Gasteiger partial charge in [0.25, 0.3) is 0 Å². The fourth-order valence-corrected chi connectivity index (χ4v) is 2.05. The fourth-order valence-electron chi connectivity index (χ4n) is 2.05. The molecule has 1 aliphatic heterocycles. The number of nitrogens with two attached hydrogens (primary N) is 1. The molecule has 22 heavy (non-hydrogen) atoms. The Morgan fingerprint density at radius 2 is 2.05 bits per heavy atom. The Kier molecular flexibility index (Phi) is 6.02. The van der Waals surface area contributed by atoms with Crippen LogP contribution in [-0.2, 0) is 16.1 Å². The first-order valence-electron chi connectivity index (χ1n) is 7.21. The second-order valence-electron chi connectivity index (χ2n) is 4.90.